The van der Waals surface area contributed by atoms with E-state index in [1.165, 1.54) is 4.68 Å². The first kappa shape index (κ1) is 22.9. The molecule has 11 heteroatoms. The van der Waals surface area contributed by atoms with E-state index in [1.807, 2.05) is 0 Å². The zero-order valence-corrected chi connectivity index (χ0v) is 20.0. The van der Waals surface area contributed by atoms with Gasteiger partial charge in [0.25, 0.3) is 0 Å². The molecule has 2 aliphatic rings. The number of rotatable bonds is 6. The van der Waals surface area contributed by atoms with Gasteiger partial charge in [-0.15, -0.1) is 0 Å². The lowest BCUT2D eigenvalue weighted by molar-refractivity contribution is -0.122. The zero-order valence-electron chi connectivity index (χ0n) is 19.2. The highest BCUT2D eigenvalue weighted by Gasteiger charge is 2.38. The average Bonchev–Trinajstić information content (AvgIpc) is 3.49. The van der Waals surface area contributed by atoms with Gasteiger partial charge in [-0.2, -0.15) is 5.10 Å². The number of methoxy groups -OCH3 is 2. The highest BCUT2D eigenvalue weighted by molar-refractivity contribution is 7.90. The SMILES string of the molecule is COc1ccc(-n2nc3c(c2NC(=O)C2CC(=O)N(c4cccc(OC)c4)C2)CS(=O)(=O)C3)cc1. The van der Waals surface area contributed by atoms with E-state index in [1.54, 1.807) is 67.7 Å². The number of anilines is 2. The summed E-state index contributed by atoms with van der Waals surface area (Å²) in [5.74, 6) is 0.0469. The molecule has 182 valence electrons. The van der Waals surface area contributed by atoms with Crippen LogP contribution in [-0.4, -0.2) is 50.8 Å². The largest absolute Gasteiger partial charge is 0.497 e. The Labute approximate surface area is 202 Å². The molecule has 3 aromatic rings. The van der Waals surface area contributed by atoms with Crippen molar-refractivity contribution >= 4 is 33.2 Å². The predicted octanol–water partition coefficient (Wildman–Crippen LogP) is 2.31. The number of amides is 2. The smallest absolute Gasteiger partial charge is 0.230 e. The van der Waals surface area contributed by atoms with Gasteiger partial charge in [0.05, 0.1) is 43.0 Å². The van der Waals surface area contributed by atoms with E-state index in [0.717, 1.165) is 0 Å². The molecule has 0 aliphatic carbocycles. The summed E-state index contributed by atoms with van der Waals surface area (Å²) in [7, 11) is -0.222. The number of carbonyl (C=O) groups is 2. The monoisotopic (exact) mass is 496 g/mol. The maximum atomic E-state index is 13.3. The summed E-state index contributed by atoms with van der Waals surface area (Å²) in [6, 6.07) is 14.2. The molecule has 1 fully saturated rings. The quantitative estimate of drug-likeness (QED) is 0.556. The molecule has 1 N–H and O–H groups in total. The van der Waals surface area contributed by atoms with E-state index in [2.05, 4.69) is 10.4 Å². The number of carbonyl (C=O) groups excluding carboxylic acids is 2. The summed E-state index contributed by atoms with van der Waals surface area (Å²) in [5.41, 5.74) is 2.19. The second-order valence-electron chi connectivity index (χ2n) is 8.51. The molecule has 0 bridgehead atoms. The van der Waals surface area contributed by atoms with Crippen LogP contribution in [0.5, 0.6) is 11.5 Å². The van der Waals surface area contributed by atoms with Gasteiger partial charge in [-0.3, -0.25) is 9.59 Å². The first-order valence-electron chi connectivity index (χ1n) is 11.0. The van der Waals surface area contributed by atoms with Crippen LogP contribution >= 0.6 is 0 Å². The summed E-state index contributed by atoms with van der Waals surface area (Å²) in [4.78, 5) is 27.5. The highest BCUT2D eigenvalue weighted by Crippen LogP contribution is 2.34. The van der Waals surface area contributed by atoms with Crippen molar-refractivity contribution in [3.05, 3.63) is 59.8 Å². The molecule has 1 aromatic heterocycles. The van der Waals surface area contributed by atoms with Gasteiger partial charge in [0.1, 0.15) is 17.3 Å². The summed E-state index contributed by atoms with van der Waals surface area (Å²) < 4.78 is 36.4. The molecule has 0 spiro atoms. The Morgan fingerprint density at radius 2 is 1.77 bits per heavy atom. The fourth-order valence-corrected chi connectivity index (χ4v) is 5.90. The Kier molecular flexibility index (Phi) is 5.72. The Hall–Kier alpha value is -3.86. The van der Waals surface area contributed by atoms with Crippen molar-refractivity contribution in [3.63, 3.8) is 0 Å². The van der Waals surface area contributed by atoms with Crippen LogP contribution in [0.3, 0.4) is 0 Å². The maximum absolute atomic E-state index is 13.3. The second-order valence-corrected chi connectivity index (χ2v) is 10.6. The first-order chi connectivity index (χ1) is 16.8. The Morgan fingerprint density at radius 1 is 1.03 bits per heavy atom. The Bertz CT molecular complexity index is 1410. The second kappa shape index (κ2) is 8.73. The maximum Gasteiger partial charge on any atom is 0.230 e. The van der Waals surface area contributed by atoms with Crippen molar-refractivity contribution in [1.29, 1.82) is 0 Å². The van der Waals surface area contributed by atoms with Gasteiger partial charge in [-0.1, -0.05) is 6.07 Å². The van der Waals surface area contributed by atoms with Crippen LogP contribution in [0.1, 0.15) is 17.7 Å². The molecule has 3 heterocycles. The molecular formula is C24H24N4O6S. The lowest BCUT2D eigenvalue weighted by Crippen LogP contribution is -2.29. The Morgan fingerprint density at radius 3 is 2.49 bits per heavy atom. The fourth-order valence-electron chi connectivity index (χ4n) is 4.41. The van der Waals surface area contributed by atoms with Crippen molar-refractivity contribution in [3.8, 4) is 17.2 Å². The van der Waals surface area contributed by atoms with Crippen LogP contribution < -0.4 is 19.7 Å². The van der Waals surface area contributed by atoms with Crippen molar-refractivity contribution in [1.82, 2.24) is 9.78 Å². The lowest BCUT2D eigenvalue weighted by Gasteiger charge is -2.18. The molecule has 1 saturated heterocycles. The van der Waals surface area contributed by atoms with E-state index >= 15 is 0 Å². The molecule has 0 radical (unpaired) electrons. The number of nitrogens with zero attached hydrogens (tertiary/aromatic N) is 3. The fraction of sp³-hybridized carbons (Fsp3) is 0.292. The number of sulfone groups is 1. The molecule has 2 aromatic carbocycles. The van der Waals surface area contributed by atoms with Crippen molar-refractivity contribution in [2.45, 2.75) is 17.9 Å². The van der Waals surface area contributed by atoms with Crippen LogP contribution in [-0.2, 0) is 30.9 Å². The van der Waals surface area contributed by atoms with Crippen LogP contribution in [0.4, 0.5) is 11.5 Å². The van der Waals surface area contributed by atoms with E-state index < -0.39 is 15.8 Å². The minimum absolute atomic E-state index is 0.0419. The normalized spacial score (nSPS) is 18.4. The predicted molar refractivity (Wildman–Crippen MR) is 129 cm³/mol. The Balaban J connectivity index is 1.42. The highest BCUT2D eigenvalue weighted by atomic mass is 32.2. The lowest BCUT2D eigenvalue weighted by atomic mass is 10.1. The molecule has 0 saturated carbocycles. The van der Waals surface area contributed by atoms with E-state index in [4.69, 9.17) is 9.47 Å². The van der Waals surface area contributed by atoms with Gasteiger partial charge < -0.3 is 19.7 Å². The van der Waals surface area contributed by atoms with Gasteiger partial charge in [0.2, 0.25) is 11.8 Å². The first-order valence-corrected chi connectivity index (χ1v) is 12.8. The summed E-state index contributed by atoms with van der Waals surface area (Å²) in [6.07, 6.45) is 0.0419. The number of benzene rings is 2. The zero-order chi connectivity index (χ0) is 24.7. The summed E-state index contributed by atoms with van der Waals surface area (Å²) >= 11 is 0. The number of hydrogen-bond acceptors (Lipinski definition) is 7. The van der Waals surface area contributed by atoms with E-state index in [-0.39, 0.29) is 36.3 Å². The molecule has 10 nitrogen and oxygen atoms in total. The molecular weight excluding hydrogens is 472 g/mol. The minimum Gasteiger partial charge on any atom is -0.497 e. The number of fused-ring (bicyclic) bond motifs is 1. The van der Waals surface area contributed by atoms with Crippen LogP contribution in [0.2, 0.25) is 0 Å². The van der Waals surface area contributed by atoms with Gasteiger partial charge in [0, 0.05) is 30.3 Å². The minimum atomic E-state index is -3.33. The van der Waals surface area contributed by atoms with Crippen molar-refractivity contribution in [2.24, 2.45) is 5.92 Å². The molecule has 2 aliphatic heterocycles. The van der Waals surface area contributed by atoms with E-state index in [0.29, 0.717) is 39.9 Å². The summed E-state index contributed by atoms with van der Waals surface area (Å²) in [5, 5.41) is 7.35. The van der Waals surface area contributed by atoms with Gasteiger partial charge in [-0.25, -0.2) is 13.1 Å². The standard InChI is InChI=1S/C24H24N4O6S/c1-33-18-8-6-16(7-9-18)28-23(20-13-35(31,32)14-21(20)26-28)25-24(30)15-10-22(29)27(12-15)17-4-3-5-19(11-17)34-2/h3-9,11,15H,10,12-14H2,1-2H3,(H,25,30). The van der Waals surface area contributed by atoms with E-state index in [9.17, 15) is 18.0 Å². The van der Waals surface area contributed by atoms with Crippen molar-refractivity contribution < 1.29 is 27.5 Å². The topological polar surface area (TPSA) is 120 Å². The third-order valence-corrected chi connectivity index (χ3v) is 7.65. The van der Waals surface area contributed by atoms with Crippen molar-refractivity contribution in [2.75, 3.05) is 31.0 Å². The number of ether oxygens (including phenoxy) is 2. The molecule has 1 atom stereocenters. The number of nitrogens with one attached hydrogen (secondary N) is 1. The average molecular weight is 497 g/mol. The molecule has 1 unspecified atom stereocenters. The van der Waals surface area contributed by atoms with Gasteiger partial charge >= 0.3 is 0 Å². The van der Waals surface area contributed by atoms with Crippen LogP contribution in [0, 0.1) is 5.92 Å². The van der Waals surface area contributed by atoms with Crippen LogP contribution in [0.15, 0.2) is 48.5 Å². The molecule has 35 heavy (non-hydrogen) atoms. The number of hydrogen-bond donors (Lipinski definition) is 1. The molecule has 2 amide bonds. The number of aromatic nitrogens is 2. The van der Waals surface area contributed by atoms with Crippen LogP contribution in [0.25, 0.3) is 5.69 Å². The third kappa shape index (κ3) is 4.34. The van der Waals surface area contributed by atoms with Gasteiger partial charge in [0.15, 0.2) is 9.84 Å². The third-order valence-electron chi connectivity index (χ3n) is 6.21. The van der Waals surface area contributed by atoms with Gasteiger partial charge in [-0.05, 0) is 36.4 Å². The summed E-state index contributed by atoms with van der Waals surface area (Å²) in [6.45, 7) is 0.203. The molecule has 5 rings (SSSR count).